The highest BCUT2D eigenvalue weighted by Crippen LogP contribution is 2.26. The van der Waals surface area contributed by atoms with Gasteiger partial charge in [0.05, 0.1) is 18.8 Å². The number of anilines is 1. The quantitative estimate of drug-likeness (QED) is 0.641. The first-order chi connectivity index (χ1) is 12.7. The molecule has 0 radical (unpaired) electrons. The largest absolute Gasteiger partial charge is 0.493 e. The second kappa shape index (κ2) is 8.11. The van der Waals surface area contributed by atoms with Gasteiger partial charge < -0.3 is 15.2 Å². The van der Waals surface area contributed by atoms with Crippen LogP contribution in [0.4, 0.5) is 5.95 Å². The van der Waals surface area contributed by atoms with Crippen molar-refractivity contribution in [1.82, 2.24) is 19.7 Å². The van der Waals surface area contributed by atoms with E-state index in [2.05, 4.69) is 20.4 Å². The third kappa shape index (κ3) is 4.15. The van der Waals surface area contributed by atoms with E-state index >= 15 is 0 Å². The summed E-state index contributed by atoms with van der Waals surface area (Å²) in [6.45, 7) is 3.52. The van der Waals surface area contributed by atoms with Crippen LogP contribution < -0.4 is 10.1 Å². The van der Waals surface area contributed by atoms with Crippen molar-refractivity contribution in [3.8, 4) is 17.0 Å². The van der Waals surface area contributed by atoms with Gasteiger partial charge in [-0.15, -0.1) is 0 Å². The van der Waals surface area contributed by atoms with Crippen LogP contribution in [0.2, 0.25) is 0 Å². The highest BCUT2D eigenvalue weighted by atomic mass is 16.5. The number of carboxylic acids is 1. The summed E-state index contributed by atoms with van der Waals surface area (Å²) in [5.74, 6) is -0.224. The maximum absolute atomic E-state index is 11.5. The molecule has 0 amide bonds. The predicted octanol–water partition coefficient (Wildman–Crippen LogP) is 2.55. The van der Waals surface area contributed by atoms with Crippen molar-refractivity contribution in [3.63, 3.8) is 0 Å². The molecule has 0 aliphatic carbocycles. The maximum Gasteiger partial charge on any atom is 0.339 e. The number of hydrogen-bond donors (Lipinski definition) is 2. The van der Waals surface area contributed by atoms with Gasteiger partial charge in [0.15, 0.2) is 0 Å². The van der Waals surface area contributed by atoms with Crippen molar-refractivity contribution in [2.45, 2.75) is 13.5 Å². The Bertz CT molecular complexity index is 880. The van der Waals surface area contributed by atoms with Crippen LogP contribution in [0, 0.1) is 0 Å². The molecule has 1 aromatic carbocycles. The summed E-state index contributed by atoms with van der Waals surface area (Å²) in [7, 11) is 0. The van der Waals surface area contributed by atoms with Crippen LogP contribution in [0.5, 0.6) is 5.75 Å². The number of nitrogens with zero attached hydrogens (tertiary/aromatic N) is 4. The fraction of sp³-hybridized carbons (Fsp3) is 0.222. The second-order valence-electron chi connectivity index (χ2n) is 5.41. The summed E-state index contributed by atoms with van der Waals surface area (Å²) >= 11 is 0. The average molecular weight is 353 g/mol. The van der Waals surface area contributed by atoms with Gasteiger partial charge in [-0.1, -0.05) is 0 Å². The van der Waals surface area contributed by atoms with E-state index < -0.39 is 5.97 Å². The fourth-order valence-electron chi connectivity index (χ4n) is 2.46. The Morgan fingerprint density at radius 1 is 1.31 bits per heavy atom. The molecule has 8 heteroatoms. The number of rotatable bonds is 8. The Labute approximate surface area is 150 Å². The average Bonchev–Trinajstić information content (AvgIpc) is 3.16. The lowest BCUT2D eigenvalue weighted by Gasteiger charge is -2.10. The number of hydrogen-bond acceptors (Lipinski definition) is 6. The monoisotopic (exact) mass is 353 g/mol. The van der Waals surface area contributed by atoms with Crippen LogP contribution in [0.3, 0.4) is 0 Å². The van der Waals surface area contributed by atoms with Crippen molar-refractivity contribution < 1.29 is 14.6 Å². The van der Waals surface area contributed by atoms with Crippen LogP contribution >= 0.6 is 0 Å². The zero-order valence-electron chi connectivity index (χ0n) is 14.3. The summed E-state index contributed by atoms with van der Waals surface area (Å²) in [4.78, 5) is 20.1. The Balaban J connectivity index is 1.76. The first-order valence-corrected chi connectivity index (χ1v) is 8.22. The number of carboxylic acid groups (broad SMARTS) is 1. The molecule has 0 aliphatic rings. The van der Waals surface area contributed by atoms with Crippen molar-refractivity contribution in [2.24, 2.45) is 0 Å². The van der Waals surface area contributed by atoms with E-state index in [0.29, 0.717) is 42.7 Å². The standard InChI is InChI=1S/C18H19N5O3/c1-2-26-16-5-4-13(12-14(16)17(24)25)15-6-8-19-18(22-15)20-9-11-23-10-3-7-21-23/h3-8,10,12H,2,9,11H2,1H3,(H,24,25)(H,19,20,22). The van der Waals surface area contributed by atoms with Gasteiger partial charge in [-0.3, -0.25) is 4.68 Å². The van der Waals surface area contributed by atoms with Crippen LogP contribution in [-0.2, 0) is 6.54 Å². The Morgan fingerprint density at radius 2 is 2.19 bits per heavy atom. The molecule has 0 saturated heterocycles. The Kier molecular flexibility index (Phi) is 5.43. The van der Waals surface area contributed by atoms with Gasteiger partial charge in [-0.2, -0.15) is 5.10 Å². The first kappa shape index (κ1) is 17.4. The first-order valence-electron chi connectivity index (χ1n) is 8.22. The van der Waals surface area contributed by atoms with E-state index in [0.717, 1.165) is 0 Å². The molecule has 0 unspecified atom stereocenters. The molecule has 2 N–H and O–H groups in total. The molecule has 0 atom stereocenters. The maximum atomic E-state index is 11.5. The number of benzene rings is 1. The molecule has 0 spiro atoms. The molecule has 0 aliphatic heterocycles. The van der Waals surface area contributed by atoms with E-state index in [1.807, 2.05) is 23.9 Å². The minimum absolute atomic E-state index is 0.108. The zero-order chi connectivity index (χ0) is 18.4. The smallest absolute Gasteiger partial charge is 0.339 e. The highest BCUT2D eigenvalue weighted by Gasteiger charge is 2.13. The molecule has 0 bridgehead atoms. The summed E-state index contributed by atoms with van der Waals surface area (Å²) in [6, 6.07) is 8.59. The lowest BCUT2D eigenvalue weighted by molar-refractivity contribution is 0.0692. The van der Waals surface area contributed by atoms with E-state index in [1.165, 1.54) is 0 Å². The third-order valence-corrected chi connectivity index (χ3v) is 3.64. The lowest BCUT2D eigenvalue weighted by Crippen LogP contribution is -2.12. The topological polar surface area (TPSA) is 102 Å². The molecule has 0 fully saturated rings. The lowest BCUT2D eigenvalue weighted by atomic mass is 10.1. The van der Waals surface area contributed by atoms with Crippen molar-refractivity contribution in [3.05, 3.63) is 54.5 Å². The number of aromatic nitrogens is 4. The van der Waals surface area contributed by atoms with Crippen molar-refractivity contribution in [1.29, 1.82) is 0 Å². The zero-order valence-corrected chi connectivity index (χ0v) is 14.3. The van der Waals surface area contributed by atoms with Gasteiger partial charge in [0.2, 0.25) is 5.95 Å². The van der Waals surface area contributed by atoms with Crippen LogP contribution in [0.1, 0.15) is 17.3 Å². The van der Waals surface area contributed by atoms with E-state index in [9.17, 15) is 9.90 Å². The number of carbonyl (C=O) groups is 1. The predicted molar refractivity (Wildman–Crippen MR) is 96.3 cm³/mol. The minimum Gasteiger partial charge on any atom is -0.493 e. The Hall–Kier alpha value is -3.42. The highest BCUT2D eigenvalue weighted by molar-refractivity contribution is 5.92. The van der Waals surface area contributed by atoms with Crippen LogP contribution in [-0.4, -0.2) is 44.0 Å². The third-order valence-electron chi connectivity index (χ3n) is 3.64. The molecule has 0 saturated carbocycles. The molecule has 3 rings (SSSR count). The second-order valence-corrected chi connectivity index (χ2v) is 5.41. The SMILES string of the molecule is CCOc1ccc(-c2ccnc(NCCn3cccn3)n2)cc1C(=O)O. The summed E-state index contributed by atoms with van der Waals surface area (Å²) in [6.07, 6.45) is 5.24. The number of ether oxygens (including phenoxy) is 1. The summed E-state index contributed by atoms with van der Waals surface area (Å²) in [5, 5.41) is 16.7. The normalized spacial score (nSPS) is 10.5. The van der Waals surface area contributed by atoms with Crippen LogP contribution in [0.15, 0.2) is 48.9 Å². The summed E-state index contributed by atoms with van der Waals surface area (Å²) in [5.41, 5.74) is 1.42. The molecule has 8 nitrogen and oxygen atoms in total. The molecule has 26 heavy (non-hydrogen) atoms. The van der Waals surface area contributed by atoms with Gasteiger partial charge >= 0.3 is 5.97 Å². The molecular formula is C18H19N5O3. The van der Waals surface area contributed by atoms with Gasteiger partial charge in [-0.25, -0.2) is 14.8 Å². The van der Waals surface area contributed by atoms with Gasteiger partial charge in [0, 0.05) is 30.7 Å². The van der Waals surface area contributed by atoms with E-state index in [-0.39, 0.29) is 5.56 Å². The van der Waals surface area contributed by atoms with E-state index in [1.54, 1.807) is 36.7 Å². The summed E-state index contributed by atoms with van der Waals surface area (Å²) < 4.78 is 7.18. The molecule has 3 aromatic rings. The molecular weight excluding hydrogens is 334 g/mol. The number of nitrogens with one attached hydrogen (secondary N) is 1. The van der Waals surface area contributed by atoms with Crippen LogP contribution in [0.25, 0.3) is 11.3 Å². The van der Waals surface area contributed by atoms with Gasteiger partial charge in [0.25, 0.3) is 0 Å². The van der Waals surface area contributed by atoms with Crippen molar-refractivity contribution >= 4 is 11.9 Å². The van der Waals surface area contributed by atoms with Gasteiger partial charge in [0.1, 0.15) is 11.3 Å². The molecule has 2 heterocycles. The fourth-order valence-corrected chi connectivity index (χ4v) is 2.46. The van der Waals surface area contributed by atoms with E-state index in [4.69, 9.17) is 4.74 Å². The minimum atomic E-state index is -1.04. The number of aromatic carboxylic acids is 1. The molecule has 2 aromatic heterocycles. The van der Waals surface area contributed by atoms with Gasteiger partial charge in [-0.05, 0) is 37.3 Å². The van der Waals surface area contributed by atoms with Crippen molar-refractivity contribution in [2.75, 3.05) is 18.5 Å². The Morgan fingerprint density at radius 3 is 2.92 bits per heavy atom. The molecule has 134 valence electrons.